The summed E-state index contributed by atoms with van der Waals surface area (Å²) in [5, 5.41) is 19.9. The van der Waals surface area contributed by atoms with Gasteiger partial charge in [0.1, 0.15) is 22.6 Å². The van der Waals surface area contributed by atoms with Gasteiger partial charge in [0.05, 0.1) is 60.6 Å². The number of likely N-dealkylation sites (N-methyl/N-ethyl adjacent to an activating group) is 1. The molecule has 6 aromatic rings. The normalized spacial score (nSPS) is 11.8. The number of sulfone groups is 2. The van der Waals surface area contributed by atoms with E-state index in [2.05, 4.69) is 37.5 Å². The molecule has 0 saturated carbocycles. The Bertz CT molecular complexity index is 2860. The van der Waals surface area contributed by atoms with Gasteiger partial charge < -0.3 is 38.3 Å². The zero-order valence-electron chi connectivity index (χ0n) is 39.3. The molecule has 0 unspecified atom stereocenters. The number of ether oxygens (including phenoxy) is 2. The van der Waals surface area contributed by atoms with Crippen molar-refractivity contribution < 1.29 is 54.9 Å². The van der Waals surface area contributed by atoms with Crippen LogP contribution in [0.25, 0.3) is 28.3 Å². The molecule has 0 aliphatic carbocycles. The van der Waals surface area contributed by atoms with Gasteiger partial charge >= 0.3 is 11.9 Å². The molecule has 14 nitrogen and oxygen atoms in total. The highest BCUT2D eigenvalue weighted by Gasteiger charge is 2.28. The van der Waals surface area contributed by atoms with Crippen LogP contribution in [-0.4, -0.2) is 102 Å². The molecule has 0 radical (unpaired) electrons. The zero-order valence-corrected chi connectivity index (χ0v) is 40.9. The van der Waals surface area contributed by atoms with Gasteiger partial charge in [-0.25, -0.2) is 26.4 Å². The van der Waals surface area contributed by atoms with Crippen molar-refractivity contribution in [3.63, 3.8) is 0 Å². The van der Waals surface area contributed by atoms with Crippen molar-refractivity contribution in [2.24, 2.45) is 0 Å². The zero-order chi connectivity index (χ0) is 49.4. The average Bonchev–Trinajstić information content (AvgIpc) is 4.08. The van der Waals surface area contributed by atoms with Gasteiger partial charge in [-0.2, -0.15) is 0 Å². The summed E-state index contributed by atoms with van der Waals surface area (Å²) in [5.74, 6) is -3.23. The molecule has 16 heteroatoms. The summed E-state index contributed by atoms with van der Waals surface area (Å²) in [4.78, 5) is 29.2. The molecule has 68 heavy (non-hydrogen) atoms. The number of nitrogens with zero attached hydrogens (tertiary/aromatic N) is 2. The largest absolute Gasteiger partial charge is 0.495 e. The van der Waals surface area contributed by atoms with Gasteiger partial charge in [-0.15, -0.1) is 0 Å². The Morgan fingerprint density at radius 1 is 0.603 bits per heavy atom. The van der Waals surface area contributed by atoms with Crippen LogP contribution in [0.4, 0.5) is 0 Å². The van der Waals surface area contributed by atoms with E-state index < -0.39 is 43.1 Å². The van der Waals surface area contributed by atoms with Crippen LogP contribution in [0, 0.1) is 0 Å². The molecule has 0 bridgehead atoms. The summed E-state index contributed by atoms with van der Waals surface area (Å²) in [7, 11) is -4.93. The van der Waals surface area contributed by atoms with Gasteiger partial charge in [0.25, 0.3) is 0 Å². The van der Waals surface area contributed by atoms with Crippen LogP contribution in [-0.2, 0) is 37.6 Å². The number of carboxylic acid groups (broad SMARTS) is 2. The Hall–Kier alpha value is -6.46. The Morgan fingerprint density at radius 3 is 1.53 bits per heavy atom. The van der Waals surface area contributed by atoms with E-state index in [1.54, 1.807) is 66.7 Å². The van der Waals surface area contributed by atoms with Crippen LogP contribution in [0.5, 0.6) is 11.5 Å². The molecule has 0 saturated heterocycles. The van der Waals surface area contributed by atoms with E-state index in [0.717, 1.165) is 44.7 Å². The van der Waals surface area contributed by atoms with Crippen LogP contribution < -0.4 is 9.47 Å². The first-order chi connectivity index (χ1) is 32.6. The lowest BCUT2D eigenvalue weighted by Crippen LogP contribution is -2.24. The van der Waals surface area contributed by atoms with Crippen molar-refractivity contribution in [3.05, 3.63) is 149 Å². The Balaban J connectivity index is 0.000000254. The van der Waals surface area contributed by atoms with Crippen LogP contribution >= 0.6 is 0 Å². The number of hydrogen-bond acceptors (Lipinski definition) is 12. The third-order valence-corrected chi connectivity index (χ3v) is 15.1. The summed E-state index contributed by atoms with van der Waals surface area (Å²) >= 11 is 0. The quantitative estimate of drug-likeness (QED) is 0.0616. The van der Waals surface area contributed by atoms with Gasteiger partial charge in [-0.3, -0.25) is 0 Å². The molecule has 2 aromatic heterocycles. The number of aromatic carboxylic acids is 2. The highest BCUT2D eigenvalue weighted by Crippen LogP contribution is 2.39. The highest BCUT2D eigenvalue weighted by molar-refractivity contribution is 7.91. The summed E-state index contributed by atoms with van der Waals surface area (Å²) in [6, 6.07) is 23.4. The summed E-state index contributed by atoms with van der Waals surface area (Å²) in [5.41, 5.74) is 3.60. The van der Waals surface area contributed by atoms with Crippen LogP contribution in [0.2, 0.25) is 0 Å². The lowest BCUT2D eigenvalue weighted by Gasteiger charge is -2.18. The van der Waals surface area contributed by atoms with Gasteiger partial charge in [0.2, 0.25) is 0 Å². The number of furan rings is 2. The van der Waals surface area contributed by atoms with Crippen molar-refractivity contribution in [1.29, 1.82) is 0 Å². The Kier molecular flexibility index (Phi) is 18.9. The van der Waals surface area contributed by atoms with E-state index in [-0.39, 0.29) is 43.5 Å². The molecule has 0 spiro atoms. The standard InChI is InChI=1S/C26H31NO6S.C26H29NO6S/c2*1-4-27(5-2)15-8-10-19-9-6-7-11-23(19)34(30,31)18-21-12-13-22(20-14-16-33-17-20)25(32-3)24(21)26(28)29/h6-7,9,11-14,16-17H,4-5,8,10,15,18H2,1-3H3,(H,28,29);6-14,16-17H,4-5,15,18H2,1-3H3,(H,28,29)/b;10-8-. The maximum atomic E-state index is 13.5. The number of carbonyl (C=O) groups is 2. The minimum Gasteiger partial charge on any atom is -0.495 e. The first-order valence-corrected chi connectivity index (χ1v) is 25.6. The molecule has 362 valence electrons. The molecule has 2 heterocycles. The molecule has 0 aliphatic rings. The molecule has 0 amide bonds. The third-order valence-electron chi connectivity index (χ3n) is 11.6. The highest BCUT2D eigenvalue weighted by atomic mass is 32.2. The summed E-state index contributed by atoms with van der Waals surface area (Å²) in [6.07, 6.45) is 11.1. The number of hydrogen-bond donors (Lipinski definition) is 2. The fraction of sp³-hybridized carbons (Fsp3) is 0.308. The predicted molar refractivity (Wildman–Crippen MR) is 263 cm³/mol. The maximum absolute atomic E-state index is 13.5. The topological polar surface area (TPSA) is 194 Å². The van der Waals surface area contributed by atoms with E-state index in [0.29, 0.717) is 40.8 Å². The second-order valence-electron chi connectivity index (χ2n) is 15.7. The summed E-state index contributed by atoms with van der Waals surface area (Å²) in [6.45, 7) is 13.6. The smallest absolute Gasteiger partial charge is 0.339 e. The van der Waals surface area contributed by atoms with Gasteiger partial charge in [0, 0.05) is 28.8 Å². The number of methoxy groups -OCH3 is 2. The van der Waals surface area contributed by atoms with Crippen molar-refractivity contribution in [2.75, 3.05) is 53.5 Å². The van der Waals surface area contributed by atoms with E-state index >= 15 is 0 Å². The van der Waals surface area contributed by atoms with E-state index in [4.69, 9.17) is 18.3 Å². The van der Waals surface area contributed by atoms with Crippen LogP contribution in [0.15, 0.2) is 135 Å². The monoisotopic (exact) mass is 968 g/mol. The fourth-order valence-corrected chi connectivity index (χ4v) is 11.2. The lowest BCUT2D eigenvalue weighted by molar-refractivity contribution is 0.0681. The van der Waals surface area contributed by atoms with Crippen LogP contribution in [0.3, 0.4) is 0 Å². The van der Waals surface area contributed by atoms with Crippen molar-refractivity contribution in [1.82, 2.24) is 9.80 Å². The molecule has 0 atom stereocenters. The van der Waals surface area contributed by atoms with Gasteiger partial charge in [-0.05, 0) is 92.1 Å². The minimum atomic E-state index is -3.86. The molecule has 2 N–H and O–H groups in total. The molecule has 6 rings (SSSR count). The van der Waals surface area contributed by atoms with E-state index in [1.165, 1.54) is 51.4 Å². The number of rotatable bonds is 23. The molecule has 0 aliphatic heterocycles. The fourth-order valence-electron chi connectivity index (χ4n) is 7.99. The number of benzene rings is 4. The van der Waals surface area contributed by atoms with Crippen molar-refractivity contribution in [3.8, 4) is 33.8 Å². The van der Waals surface area contributed by atoms with Crippen molar-refractivity contribution in [2.45, 2.75) is 61.8 Å². The molecule has 0 fully saturated rings. The second-order valence-corrected chi connectivity index (χ2v) is 19.6. The molecular weight excluding hydrogens is 909 g/mol. The number of carboxylic acids is 2. The second kappa shape index (κ2) is 24.5. The third kappa shape index (κ3) is 12.9. The van der Waals surface area contributed by atoms with E-state index in [1.807, 2.05) is 18.2 Å². The van der Waals surface area contributed by atoms with Crippen molar-refractivity contribution >= 4 is 37.7 Å². The molecular formula is C52H60N2O12S2. The molecule has 4 aromatic carbocycles. The average molecular weight is 969 g/mol. The maximum Gasteiger partial charge on any atom is 0.339 e. The van der Waals surface area contributed by atoms with E-state index in [9.17, 15) is 36.6 Å². The van der Waals surface area contributed by atoms with Gasteiger partial charge in [-0.1, -0.05) is 101 Å². The SMILES string of the molecule is CCN(CC)C/C=C\c1ccccc1S(=O)(=O)Cc1ccc(-c2ccoc2)c(OC)c1C(=O)O.CCN(CC)CCCc1ccccc1S(=O)(=O)Cc1ccc(-c2ccoc2)c(OC)c1C(=O)O. The number of aryl methyl sites for hydroxylation is 1. The first-order valence-electron chi connectivity index (χ1n) is 22.3. The van der Waals surface area contributed by atoms with Crippen LogP contribution in [0.1, 0.15) is 77.1 Å². The van der Waals surface area contributed by atoms with Gasteiger partial charge in [0.15, 0.2) is 19.7 Å². The summed E-state index contributed by atoms with van der Waals surface area (Å²) < 4.78 is 74.8. The predicted octanol–water partition coefficient (Wildman–Crippen LogP) is 9.88. The first kappa shape index (κ1) is 52.5. The Morgan fingerprint density at radius 2 is 1.07 bits per heavy atom. The lowest BCUT2D eigenvalue weighted by atomic mass is 9.99. The minimum absolute atomic E-state index is 0.0917. The Labute approximate surface area is 399 Å².